The van der Waals surface area contributed by atoms with Gasteiger partial charge in [-0.2, -0.15) is 0 Å². The summed E-state index contributed by atoms with van der Waals surface area (Å²) in [5.41, 5.74) is 1.32. The van der Waals surface area contributed by atoms with Crippen molar-refractivity contribution >= 4 is 11.8 Å². The van der Waals surface area contributed by atoms with E-state index in [0.717, 1.165) is 18.4 Å². The van der Waals surface area contributed by atoms with Crippen LogP contribution >= 0.6 is 0 Å². The van der Waals surface area contributed by atoms with Crippen LogP contribution in [-0.4, -0.2) is 60.5 Å². The number of unbranched alkanes of at least 4 members (excludes halogenated alkanes) is 5. The van der Waals surface area contributed by atoms with E-state index in [9.17, 15) is 19.8 Å². The van der Waals surface area contributed by atoms with E-state index in [0.29, 0.717) is 25.8 Å². The molecule has 2 amide bonds. The van der Waals surface area contributed by atoms with E-state index >= 15 is 0 Å². The summed E-state index contributed by atoms with van der Waals surface area (Å²) in [6, 6.07) is 8.46. The smallest absolute Gasteiger partial charge is 0.246 e. The Labute approximate surface area is 205 Å². The first-order chi connectivity index (χ1) is 16.5. The molecule has 0 saturated heterocycles. The number of nitrogens with one attached hydrogen (secondary N) is 2. The molecule has 1 aromatic carbocycles. The molecule has 0 aliphatic heterocycles. The predicted molar refractivity (Wildman–Crippen MR) is 136 cm³/mol. The number of aliphatic hydroxyl groups is 2. The van der Waals surface area contributed by atoms with Crippen molar-refractivity contribution in [1.82, 2.24) is 10.6 Å². The van der Waals surface area contributed by atoms with Crippen LogP contribution in [-0.2, 0) is 27.2 Å². The van der Waals surface area contributed by atoms with E-state index in [1.54, 1.807) is 0 Å². The number of amides is 2. The lowest BCUT2D eigenvalue weighted by atomic mass is 9.92. The molecule has 0 fully saturated rings. The third-order valence-corrected chi connectivity index (χ3v) is 6.02. The fraction of sp³-hybridized carbons (Fsp3) is 0.704. The van der Waals surface area contributed by atoms with Gasteiger partial charge in [0.05, 0.1) is 25.4 Å². The molecule has 0 saturated carbocycles. The minimum atomic E-state index is -1.10. The van der Waals surface area contributed by atoms with Crippen LogP contribution in [0.25, 0.3) is 0 Å². The second-order valence-corrected chi connectivity index (χ2v) is 9.13. The van der Waals surface area contributed by atoms with Crippen LogP contribution in [0.1, 0.15) is 82.8 Å². The van der Waals surface area contributed by atoms with Gasteiger partial charge in [0.2, 0.25) is 11.8 Å². The summed E-state index contributed by atoms with van der Waals surface area (Å²) in [5, 5.41) is 25.2. The average Bonchev–Trinajstić information content (AvgIpc) is 2.84. The van der Waals surface area contributed by atoms with Crippen molar-refractivity contribution in [2.24, 2.45) is 0 Å². The van der Waals surface area contributed by atoms with Crippen LogP contribution in [0.3, 0.4) is 0 Å². The standard InChI is InChI=1S/C27H46N2O5/c1-3-5-6-7-8-9-11-23-12-14-24(15-13-23)16-17-27(21-30,22-31)29-26(33)20-34-19-18-28-25(32)10-4-2/h12-15,30-31H,3-11,16-22H2,1-2H3,(H,28,32)(H,29,33). The number of hydrogen-bond donors (Lipinski definition) is 4. The first-order valence-electron chi connectivity index (χ1n) is 12.9. The van der Waals surface area contributed by atoms with Gasteiger partial charge in [0.1, 0.15) is 6.61 Å². The Morgan fingerprint density at radius 2 is 1.47 bits per heavy atom. The lowest BCUT2D eigenvalue weighted by Gasteiger charge is -2.31. The third kappa shape index (κ3) is 13.1. The normalized spacial score (nSPS) is 11.4. The van der Waals surface area contributed by atoms with Gasteiger partial charge in [-0.15, -0.1) is 0 Å². The molecular formula is C27H46N2O5. The van der Waals surface area contributed by atoms with Gasteiger partial charge in [-0.3, -0.25) is 9.59 Å². The molecule has 0 unspecified atom stereocenters. The van der Waals surface area contributed by atoms with Crippen LogP contribution in [0.4, 0.5) is 0 Å². The molecule has 0 heterocycles. The Balaban J connectivity index is 2.38. The van der Waals surface area contributed by atoms with Crippen molar-refractivity contribution in [3.05, 3.63) is 35.4 Å². The zero-order valence-corrected chi connectivity index (χ0v) is 21.2. The minimum Gasteiger partial charge on any atom is -0.394 e. The molecule has 34 heavy (non-hydrogen) atoms. The molecule has 1 rings (SSSR count). The maximum Gasteiger partial charge on any atom is 0.246 e. The van der Waals surface area contributed by atoms with Gasteiger partial charge in [0.25, 0.3) is 0 Å². The zero-order chi connectivity index (χ0) is 25.1. The summed E-state index contributed by atoms with van der Waals surface area (Å²) < 4.78 is 5.30. The molecule has 0 aromatic heterocycles. The van der Waals surface area contributed by atoms with Crippen molar-refractivity contribution in [3.63, 3.8) is 0 Å². The van der Waals surface area contributed by atoms with Crippen molar-refractivity contribution in [1.29, 1.82) is 0 Å². The van der Waals surface area contributed by atoms with Crippen LogP contribution < -0.4 is 10.6 Å². The maximum absolute atomic E-state index is 12.3. The van der Waals surface area contributed by atoms with Crippen LogP contribution in [0.5, 0.6) is 0 Å². The molecule has 0 aliphatic carbocycles. The largest absolute Gasteiger partial charge is 0.394 e. The summed E-state index contributed by atoms with van der Waals surface area (Å²) >= 11 is 0. The number of aryl methyl sites for hydroxylation is 2. The number of aliphatic hydroxyl groups excluding tert-OH is 2. The van der Waals surface area contributed by atoms with Gasteiger partial charge >= 0.3 is 0 Å². The third-order valence-electron chi connectivity index (χ3n) is 6.02. The molecule has 0 radical (unpaired) electrons. The molecule has 4 N–H and O–H groups in total. The van der Waals surface area contributed by atoms with Gasteiger partial charge in [0.15, 0.2) is 0 Å². The Hall–Kier alpha value is -1.96. The SMILES string of the molecule is CCCCCCCCc1ccc(CCC(CO)(CO)NC(=O)COCCNC(=O)CCC)cc1. The quantitative estimate of drug-likeness (QED) is 0.215. The second kappa shape index (κ2) is 18.4. The molecule has 0 spiro atoms. The summed E-state index contributed by atoms with van der Waals surface area (Å²) in [7, 11) is 0. The van der Waals surface area contributed by atoms with E-state index in [4.69, 9.17) is 4.74 Å². The second-order valence-electron chi connectivity index (χ2n) is 9.13. The van der Waals surface area contributed by atoms with Crippen molar-refractivity contribution in [3.8, 4) is 0 Å². The fourth-order valence-corrected chi connectivity index (χ4v) is 3.79. The summed E-state index contributed by atoms with van der Waals surface area (Å²) in [5.74, 6) is -0.442. The van der Waals surface area contributed by atoms with Crippen molar-refractivity contribution < 1.29 is 24.5 Å². The number of ether oxygens (including phenoxy) is 1. The van der Waals surface area contributed by atoms with Crippen molar-refractivity contribution in [2.75, 3.05) is 33.0 Å². The zero-order valence-electron chi connectivity index (χ0n) is 21.2. The highest BCUT2D eigenvalue weighted by molar-refractivity contribution is 5.78. The van der Waals surface area contributed by atoms with E-state index in [-0.39, 0.29) is 32.3 Å². The van der Waals surface area contributed by atoms with Crippen LogP contribution in [0, 0.1) is 0 Å². The first-order valence-corrected chi connectivity index (χ1v) is 12.9. The Kier molecular flexibility index (Phi) is 16.3. The minimum absolute atomic E-state index is 0.0365. The fourth-order valence-electron chi connectivity index (χ4n) is 3.79. The van der Waals surface area contributed by atoms with Gasteiger partial charge in [-0.25, -0.2) is 0 Å². The predicted octanol–water partition coefficient (Wildman–Crippen LogP) is 3.29. The monoisotopic (exact) mass is 478 g/mol. The summed E-state index contributed by atoms with van der Waals surface area (Å²) in [4.78, 5) is 23.7. The number of carbonyl (C=O) groups is 2. The van der Waals surface area contributed by atoms with E-state index in [1.807, 2.05) is 6.92 Å². The number of benzene rings is 1. The number of rotatable bonds is 20. The van der Waals surface area contributed by atoms with Crippen LogP contribution in [0.15, 0.2) is 24.3 Å². The molecule has 0 atom stereocenters. The Bertz CT molecular complexity index is 674. The van der Waals surface area contributed by atoms with Gasteiger partial charge in [-0.1, -0.05) is 70.2 Å². The Morgan fingerprint density at radius 1 is 0.853 bits per heavy atom. The molecule has 7 nitrogen and oxygen atoms in total. The summed E-state index contributed by atoms with van der Waals surface area (Å²) in [6.07, 6.45) is 11.1. The van der Waals surface area contributed by atoms with Crippen LogP contribution in [0.2, 0.25) is 0 Å². The highest BCUT2D eigenvalue weighted by atomic mass is 16.5. The van der Waals surface area contributed by atoms with Crippen molar-refractivity contribution in [2.45, 2.75) is 90.0 Å². The lowest BCUT2D eigenvalue weighted by molar-refractivity contribution is -0.129. The molecule has 7 heteroatoms. The summed E-state index contributed by atoms with van der Waals surface area (Å²) in [6.45, 7) is 3.80. The highest BCUT2D eigenvalue weighted by Gasteiger charge is 2.30. The average molecular weight is 479 g/mol. The van der Waals surface area contributed by atoms with Gasteiger partial charge < -0.3 is 25.6 Å². The first kappa shape index (κ1) is 30.1. The molecule has 1 aromatic rings. The van der Waals surface area contributed by atoms with E-state index in [1.165, 1.54) is 44.1 Å². The number of carbonyl (C=O) groups excluding carboxylic acids is 2. The molecule has 0 aliphatic rings. The number of hydrogen-bond acceptors (Lipinski definition) is 5. The topological polar surface area (TPSA) is 108 Å². The highest BCUT2D eigenvalue weighted by Crippen LogP contribution is 2.16. The van der Waals surface area contributed by atoms with Gasteiger partial charge in [0, 0.05) is 13.0 Å². The lowest BCUT2D eigenvalue weighted by Crippen LogP contribution is -2.55. The molecular weight excluding hydrogens is 432 g/mol. The van der Waals surface area contributed by atoms with E-state index in [2.05, 4.69) is 41.8 Å². The van der Waals surface area contributed by atoms with Gasteiger partial charge in [-0.05, 0) is 43.2 Å². The maximum atomic E-state index is 12.3. The molecule has 194 valence electrons. The molecule has 0 bridgehead atoms. The Morgan fingerprint density at radius 3 is 2.09 bits per heavy atom. The van der Waals surface area contributed by atoms with E-state index < -0.39 is 11.4 Å².